The number of halogens is 3. The van der Waals surface area contributed by atoms with Gasteiger partial charge in [-0.25, -0.2) is 12.7 Å². The number of rotatable bonds is 3. The second kappa shape index (κ2) is 6.07. The van der Waals surface area contributed by atoms with Crippen molar-refractivity contribution in [3.63, 3.8) is 0 Å². The maximum atomic E-state index is 13.0. The van der Waals surface area contributed by atoms with E-state index < -0.39 is 27.5 Å². The van der Waals surface area contributed by atoms with Gasteiger partial charge in [-0.3, -0.25) is 0 Å². The molecule has 2 bridgehead atoms. The molecule has 1 aromatic carbocycles. The molecule has 0 aromatic heterocycles. The molecule has 2 saturated heterocycles. The summed E-state index contributed by atoms with van der Waals surface area (Å²) in [5, 5.41) is 3.37. The summed E-state index contributed by atoms with van der Waals surface area (Å²) in [7, 11) is -3.77. The minimum Gasteiger partial charge on any atom is -0.310 e. The second-order valence-electron chi connectivity index (χ2n) is 6.20. The zero-order valence-electron chi connectivity index (χ0n) is 12.5. The first-order chi connectivity index (χ1) is 10.8. The summed E-state index contributed by atoms with van der Waals surface area (Å²) in [4.78, 5) is 0. The van der Waals surface area contributed by atoms with E-state index in [4.69, 9.17) is 0 Å². The number of nitrogens with zero attached hydrogens (tertiary/aromatic N) is 1. The highest BCUT2D eigenvalue weighted by Gasteiger charge is 2.37. The van der Waals surface area contributed by atoms with Crippen LogP contribution in [0, 0.1) is 0 Å². The molecule has 2 atom stereocenters. The Balaban J connectivity index is 1.82. The van der Waals surface area contributed by atoms with Gasteiger partial charge in [-0.15, -0.1) is 0 Å². The SMILES string of the molecule is O=S(=O)(Cc1ccccc1C(F)(F)F)N1CCC2CCC(C1)N2. The van der Waals surface area contributed by atoms with E-state index in [0.717, 1.165) is 18.9 Å². The fourth-order valence-corrected chi connectivity index (χ4v) is 4.99. The topological polar surface area (TPSA) is 49.4 Å². The number of nitrogens with one attached hydrogen (secondary N) is 1. The number of benzene rings is 1. The largest absolute Gasteiger partial charge is 0.416 e. The first kappa shape index (κ1) is 16.7. The van der Waals surface area contributed by atoms with Gasteiger partial charge in [0, 0.05) is 25.2 Å². The van der Waals surface area contributed by atoms with Crippen LogP contribution in [-0.2, 0) is 22.0 Å². The molecule has 1 N–H and O–H groups in total. The molecule has 4 nitrogen and oxygen atoms in total. The van der Waals surface area contributed by atoms with Crippen LogP contribution in [0.1, 0.15) is 30.4 Å². The van der Waals surface area contributed by atoms with Gasteiger partial charge in [0.15, 0.2) is 0 Å². The van der Waals surface area contributed by atoms with Crippen LogP contribution >= 0.6 is 0 Å². The van der Waals surface area contributed by atoms with Crippen molar-refractivity contribution in [1.29, 1.82) is 0 Å². The zero-order valence-corrected chi connectivity index (χ0v) is 13.3. The molecule has 3 rings (SSSR count). The Morgan fingerprint density at radius 2 is 1.83 bits per heavy atom. The van der Waals surface area contributed by atoms with E-state index >= 15 is 0 Å². The average Bonchev–Trinajstić information content (AvgIpc) is 2.76. The van der Waals surface area contributed by atoms with E-state index in [9.17, 15) is 21.6 Å². The maximum Gasteiger partial charge on any atom is 0.416 e. The molecule has 0 spiro atoms. The first-order valence-electron chi connectivity index (χ1n) is 7.65. The standard InChI is InChI=1S/C15H19F3N2O2S/c16-15(17,18)14-4-2-1-3-11(14)10-23(21,22)20-8-7-12-5-6-13(9-20)19-12/h1-4,12-13,19H,5-10H2. The molecule has 128 valence electrons. The summed E-state index contributed by atoms with van der Waals surface area (Å²) in [6.07, 6.45) is -1.90. The first-order valence-corrected chi connectivity index (χ1v) is 9.25. The molecular formula is C15H19F3N2O2S. The monoisotopic (exact) mass is 348 g/mol. The van der Waals surface area contributed by atoms with Crippen LogP contribution in [0.3, 0.4) is 0 Å². The Morgan fingerprint density at radius 3 is 2.57 bits per heavy atom. The lowest BCUT2D eigenvalue weighted by Gasteiger charge is -2.24. The van der Waals surface area contributed by atoms with Gasteiger partial charge in [-0.2, -0.15) is 13.2 Å². The minimum absolute atomic E-state index is 0.107. The Kier molecular flexibility index (Phi) is 4.41. The Labute approximate surface area is 133 Å². The van der Waals surface area contributed by atoms with E-state index in [1.807, 2.05) is 0 Å². The lowest BCUT2D eigenvalue weighted by Crippen LogP contribution is -2.39. The molecule has 0 amide bonds. The van der Waals surface area contributed by atoms with E-state index in [1.54, 1.807) is 0 Å². The van der Waals surface area contributed by atoms with E-state index in [2.05, 4.69) is 5.32 Å². The number of hydrogen-bond donors (Lipinski definition) is 1. The molecule has 2 unspecified atom stereocenters. The molecule has 2 fully saturated rings. The van der Waals surface area contributed by atoms with Crippen molar-refractivity contribution >= 4 is 10.0 Å². The van der Waals surface area contributed by atoms with Crippen molar-refractivity contribution in [2.45, 2.75) is 43.3 Å². The summed E-state index contributed by atoms with van der Waals surface area (Å²) < 4.78 is 65.6. The number of hydrogen-bond acceptors (Lipinski definition) is 3. The summed E-state index contributed by atoms with van der Waals surface area (Å²) >= 11 is 0. The van der Waals surface area contributed by atoms with Crippen molar-refractivity contribution < 1.29 is 21.6 Å². The van der Waals surface area contributed by atoms with Crippen molar-refractivity contribution in [2.24, 2.45) is 0 Å². The third kappa shape index (κ3) is 3.70. The van der Waals surface area contributed by atoms with Crippen LogP contribution in [0.5, 0.6) is 0 Å². The van der Waals surface area contributed by atoms with Gasteiger partial charge in [0.2, 0.25) is 10.0 Å². The Morgan fingerprint density at radius 1 is 1.13 bits per heavy atom. The second-order valence-corrected chi connectivity index (χ2v) is 8.16. The van der Waals surface area contributed by atoms with E-state index in [-0.39, 0.29) is 11.6 Å². The fraction of sp³-hybridized carbons (Fsp3) is 0.600. The third-order valence-corrected chi connectivity index (χ3v) is 6.33. The third-order valence-electron chi connectivity index (χ3n) is 4.54. The highest BCUT2D eigenvalue weighted by molar-refractivity contribution is 7.88. The predicted octanol–water partition coefficient (Wildman–Crippen LogP) is 2.36. The molecule has 1 aromatic rings. The molecule has 0 saturated carbocycles. The van der Waals surface area contributed by atoms with Crippen LogP contribution in [-0.4, -0.2) is 37.9 Å². The molecule has 2 aliphatic rings. The van der Waals surface area contributed by atoms with Crippen LogP contribution < -0.4 is 5.32 Å². The van der Waals surface area contributed by atoms with Gasteiger partial charge in [0.05, 0.1) is 11.3 Å². The van der Waals surface area contributed by atoms with E-state index in [0.29, 0.717) is 25.6 Å². The summed E-state index contributed by atoms with van der Waals surface area (Å²) in [6.45, 7) is 0.706. The van der Waals surface area contributed by atoms with Gasteiger partial charge >= 0.3 is 6.18 Å². The normalized spacial score (nSPS) is 26.2. The van der Waals surface area contributed by atoms with Crippen LogP contribution in [0.2, 0.25) is 0 Å². The quantitative estimate of drug-likeness (QED) is 0.912. The van der Waals surface area contributed by atoms with Crippen LogP contribution in [0.4, 0.5) is 13.2 Å². The Hall–Kier alpha value is -1.12. The number of fused-ring (bicyclic) bond motifs is 2. The van der Waals surface area contributed by atoms with Crippen molar-refractivity contribution in [3.8, 4) is 0 Å². The van der Waals surface area contributed by atoms with Crippen LogP contribution in [0.25, 0.3) is 0 Å². The molecule has 0 radical (unpaired) electrons. The number of sulfonamides is 1. The predicted molar refractivity (Wildman–Crippen MR) is 80.2 cm³/mol. The lowest BCUT2D eigenvalue weighted by molar-refractivity contribution is -0.138. The minimum atomic E-state index is -4.55. The molecule has 23 heavy (non-hydrogen) atoms. The maximum absolute atomic E-state index is 13.0. The molecular weight excluding hydrogens is 329 g/mol. The molecule has 2 heterocycles. The van der Waals surface area contributed by atoms with Gasteiger partial charge in [-0.05, 0) is 30.9 Å². The highest BCUT2D eigenvalue weighted by Crippen LogP contribution is 2.33. The summed E-state index contributed by atoms with van der Waals surface area (Å²) in [5.74, 6) is -0.611. The lowest BCUT2D eigenvalue weighted by atomic mass is 10.1. The van der Waals surface area contributed by atoms with Gasteiger partial charge in [0.25, 0.3) is 0 Å². The summed E-state index contributed by atoms with van der Waals surface area (Å²) in [5.41, 5.74) is -1.07. The van der Waals surface area contributed by atoms with Crippen molar-refractivity contribution in [2.75, 3.05) is 13.1 Å². The average molecular weight is 348 g/mol. The smallest absolute Gasteiger partial charge is 0.310 e. The Bertz CT molecular complexity index is 676. The zero-order chi connectivity index (χ0) is 16.7. The van der Waals surface area contributed by atoms with Gasteiger partial charge < -0.3 is 5.32 Å². The molecule has 2 aliphatic heterocycles. The molecule has 0 aliphatic carbocycles. The van der Waals surface area contributed by atoms with Crippen molar-refractivity contribution in [1.82, 2.24) is 9.62 Å². The van der Waals surface area contributed by atoms with Crippen LogP contribution in [0.15, 0.2) is 24.3 Å². The summed E-state index contributed by atoms with van der Waals surface area (Å²) in [6, 6.07) is 5.30. The van der Waals surface area contributed by atoms with E-state index in [1.165, 1.54) is 22.5 Å². The highest BCUT2D eigenvalue weighted by atomic mass is 32.2. The van der Waals surface area contributed by atoms with Gasteiger partial charge in [-0.1, -0.05) is 18.2 Å². The van der Waals surface area contributed by atoms with Crippen molar-refractivity contribution in [3.05, 3.63) is 35.4 Å². The fourth-order valence-electron chi connectivity index (χ4n) is 3.37. The van der Waals surface area contributed by atoms with Gasteiger partial charge in [0.1, 0.15) is 0 Å². The number of alkyl halides is 3. The molecule has 8 heteroatoms.